The van der Waals surface area contributed by atoms with Crippen LogP contribution in [0.3, 0.4) is 0 Å². The van der Waals surface area contributed by atoms with Gasteiger partial charge in [0.05, 0.1) is 25.9 Å². The summed E-state index contributed by atoms with van der Waals surface area (Å²) in [7, 11) is 3.07. The molecule has 0 aliphatic rings. The summed E-state index contributed by atoms with van der Waals surface area (Å²) in [4.78, 5) is 12.5. The Morgan fingerprint density at radius 3 is 2.25 bits per heavy atom. The molecule has 0 saturated heterocycles. The Morgan fingerprint density at radius 1 is 0.857 bits per heavy atom. The molecule has 3 aromatic carbocycles. The van der Waals surface area contributed by atoms with E-state index in [1.54, 1.807) is 49.6 Å². The first-order valence-corrected chi connectivity index (χ1v) is 8.53. The molecule has 1 amide bonds. The number of nitrogens with one attached hydrogen (secondary N) is 2. The number of carbonyl (C=O) groups is 1. The Labute approximate surface area is 163 Å². The maximum absolute atomic E-state index is 12.5. The number of rotatable bonds is 6. The Kier molecular flexibility index (Phi) is 5.78. The Balaban J connectivity index is 1.68. The van der Waals surface area contributed by atoms with Gasteiger partial charge in [-0.25, -0.2) is 0 Å². The van der Waals surface area contributed by atoms with Gasteiger partial charge in [-0.3, -0.25) is 4.79 Å². The number of amides is 1. The topological polar surface area (TPSA) is 83.4 Å². The van der Waals surface area contributed by atoms with Crippen molar-refractivity contribution in [2.24, 2.45) is 0 Å². The Bertz CT molecular complexity index is 1020. The van der Waals surface area contributed by atoms with Crippen LogP contribution in [0.5, 0.6) is 11.5 Å². The van der Waals surface area contributed by atoms with E-state index in [1.165, 1.54) is 7.11 Å². The first kappa shape index (κ1) is 18.8. The van der Waals surface area contributed by atoms with Gasteiger partial charge in [-0.05, 0) is 60.7 Å². The Hall–Kier alpha value is -3.98. The lowest BCUT2D eigenvalue weighted by molar-refractivity contribution is 0.102. The molecule has 3 aromatic rings. The molecule has 0 aromatic heterocycles. The second-order valence-electron chi connectivity index (χ2n) is 5.92. The monoisotopic (exact) mass is 373 g/mol. The van der Waals surface area contributed by atoms with Gasteiger partial charge in [0.25, 0.3) is 5.91 Å². The summed E-state index contributed by atoms with van der Waals surface area (Å²) in [6, 6.07) is 21.6. The summed E-state index contributed by atoms with van der Waals surface area (Å²) in [5, 5.41) is 15.0. The molecule has 0 aliphatic carbocycles. The number of ether oxygens (including phenoxy) is 2. The zero-order valence-corrected chi connectivity index (χ0v) is 15.5. The number of hydrogen-bond donors (Lipinski definition) is 2. The minimum atomic E-state index is -0.247. The number of methoxy groups -OCH3 is 2. The second-order valence-corrected chi connectivity index (χ2v) is 5.92. The van der Waals surface area contributed by atoms with Crippen LogP contribution >= 0.6 is 0 Å². The summed E-state index contributed by atoms with van der Waals surface area (Å²) in [5.41, 5.74) is 3.38. The molecular formula is C22H19N3O3. The van der Waals surface area contributed by atoms with Gasteiger partial charge in [-0.2, -0.15) is 5.26 Å². The molecule has 28 heavy (non-hydrogen) atoms. The fourth-order valence-electron chi connectivity index (χ4n) is 2.65. The third-order valence-corrected chi connectivity index (χ3v) is 4.07. The molecule has 0 heterocycles. The Morgan fingerprint density at radius 2 is 1.57 bits per heavy atom. The highest BCUT2D eigenvalue weighted by Gasteiger charge is 2.11. The summed E-state index contributed by atoms with van der Waals surface area (Å²) in [6.45, 7) is 0. The molecule has 3 rings (SSSR count). The lowest BCUT2D eigenvalue weighted by Gasteiger charge is -2.11. The standard InChI is InChI=1S/C22H19N3O3/c1-27-20-11-6-16(13-21(20)28-2)22(26)25-18-9-7-17(8-10-18)24-19-5-3-4-15(12-19)14-23/h3-13,24H,1-2H3,(H,25,26). The normalized spacial score (nSPS) is 9.89. The fourth-order valence-corrected chi connectivity index (χ4v) is 2.65. The molecule has 0 bridgehead atoms. The van der Waals surface area contributed by atoms with Gasteiger partial charge < -0.3 is 20.1 Å². The van der Waals surface area contributed by atoms with E-state index in [2.05, 4.69) is 16.7 Å². The van der Waals surface area contributed by atoms with Gasteiger partial charge in [-0.15, -0.1) is 0 Å². The molecule has 6 nitrogen and oxygen atoms in total. The summed E-state index contributed by atoms with van der Waals surface area (Å²) in [6.07, 6.45) is 0. The van der Waals surface area contributed by atoms with E-state index in [1.807, 2.05) is 24.3 Å². The predicted molar refractivity (Wildman–Crippen MR) is 108 cm³/mol. The minimum Gasteiger partial charge on any atom is -0.493 e. The van der Waals surface area contributed by atoms with Crippen molar-refractivity contribution in [1.82, 2.24) is 0 Å². The lowest BCUT2D eigenvalue weighted by atomic mass is 10.1. The van der Waals surface area contributed by atoms with Crippen LogP contribution in [0, 0.1) is 11.3 Å². The number of carbonyl (C=O) groups excluding carboxylic acids is 1. The number of nitrogens with zero attached hydrogens (tertiary/aromatic N) is 1. The molecule has 0 atom stereocenters. The van der Waals surface area contributed by atoms with Gasteiger partial charge >= 0.3 is 0 Å². The van der Waals surface area contributed by atoms with Gasteiger partial charge in [0, 0.05) is 22.6 Å². The SMILES string of the molecule is COc1ccc(C(=O)Nc2ccc(Nc3cccc(C#N)c3)cc2)cc1OC. The van der Waals surface area contributed by atoms with Crippen LogP contribution in [-0.4, -0.2) is 20.1 Å². The van der Waals surface area contributed by atoms with E-state index < -0.39 is 0 Å². The van der Waals surface area contributed by atoms with Crippen molar-refractivity contribution in [1.29, 1.82) is 5.26 Å². The van der Waals surface area contributed by atoms with Gasteiger partial charge in [0.1, 0.15) is 0 Å². The van der Waals surface area contributed by atoms with Crippen LogP contribution in [0.2, 0.25) is 0 Å². The van der Waals surface area contributed by atoms with Crippen molar-refractivity contribution in [3.8, 4) is 17.6 Å². The van der Waals surface area contributed by atoms with E-state index in [9.17, 15) is 4.79 Å². The highest BCUT2D eigenvalue weighted by atomic mass is 16.5. The number of anilines is 3. The summed E-state index contributed by atoms with van der Waals surface area (Å²) in [5.74, 6) is 0.813. The van der Waals surface area contributed by atoms with Crippen molar-refractivity contribution >= 4 is 23.0 Å². The van der Waals surface area contributed by atoms with Crippen molar-refractivity contribution in [3.05, 3.63) is 77.9 Å². The summed E-state index contributed by atoms with van der Waals surface area (Å²) < 4.78 is 10.4. The van der Waals surface area contributed by atoms with Gasteiger partial charge in [0.15, 0.2) is 11.5 Å². The average Bonchev–Trinajstić information content (AvgIpc) is 2.74. The van der Waals surface area contributed by atoms with E-state index in [4.69, 9.17) is 14.7 Å². The molecule has 0 fully saturated rings. The number of benzene rings is 3. The zero-order chi connectivity index (χ0) is 19.9. The lowest BCUT2D eigenvalue weighted by Crippen LogP contribution is -2.12. The zero-order valence-electron chi connectivity index (χ0n) is 15.5. The third kappa shape index (κ3) is 4.40. The van der Waals surface area contributed by atoms with Crippen LogP contribution in [0.25, 0.3) is 0 Å². The van der Waals surface area contributed by atoms with E-state index >= 15 is 0 Å². The van der Waals surface area contributed by atoms with Gasteiger partial charge in [0.2, 0.25) is 0 Å². The van der Waals surface area contributed by atoms with Crippen LogP contribution in [-0.2, 0) is 0 Å². The quantitative estimate of drug-likeness (QED) is 0.661. The molecule has 6 heteroatoms. The minimum absolute atomic E-state index is 0.247. The van der Waals surface area contributed by atoms with Crippen LogP contribution in [0.4, 0.5) is 17.1 Å². The molecule has 0 aliphatic heterocycles. The number of nitriles is 1. The molecule has 0 saturated carbocycles. The fraction of sp³-hybridized carbons (Fsp3) is 0.0909. The van der Waals surface area contributed by atoms with Crippen molar-refractivity contribution in [2.75, 3.05) is 24.9 Å². The largest absolute Gasteiger partial charge is 0.493 e. The van der Waals surface area contributed by atoms with Crippen LogP contribution in [0.15, 0.2) is 66.7 Å². The van der Waals surface area contributed by atoms with Crippen molar-refractivity contribution in [3.63, 3.8) is 0 Å². The molecule has 0 unspecified atom stereocenters. The maximum atomic E-state index is 12.5. The molecule has 0 spiro atoms. The van der Waals surface area contributed by atoms with Crippen molar-refractivity contribution in [2.45, 2.75) is 0 Å². The van der Waals surface area contributed by atoms with Crippen LogP contribution < -0.4 is 20.1 Å². The first-order valence-electron chi connectivity index (χ1n) is 8.53. The highest BCUT2D eigenvalue weighted by Crippen LogP contribution is 2.28. The van der Waals surface area contributed by atoms with E-state index in [0.29, 0.717) is 28.3 Å². The number of hydrogen-bond acceptors (Lipinski definition) is 5. The van der Waals surface area contributed by atoms with Gasteiger partial charge in [-0.1, -0.05) is 6.07 Å². The predicted octanol–water partition coefficient (Wildman–Crippen LogP) is 4.57. The van der Waals surface area contributed by atoms with Crippen molar-refractivity contribution < 1.29 is 14.3 Å². The maximum Gasteiger partial charge on any atom is 0.255 e. The highest BCUT2D eigenvalue weighted by molar-refractivity contribution is 6.04. The smallest absolute Gasteiger partial charge is 0.255 e. The molecular weight excluding hydrogens is 354 g/mol. The molecule has 0 radical (unpaired) electrons. The summed E-state index contributed by atoms with van der Waals surface area (Å²) >= 11 is 0. The third-order valence-electron chi connectivity index (χ3n) is 4.07. The van der Waals surface area contributed by atoms with E-state index in [-0.39, 0.29) is 5.91 Å². The average molecular weight is 373 g/mol. The van der Waals surface area contributed by atoms with Crippen LogP contribution in [0.1, 0.15) is 15.9 Å². The molecule has 140 valence electrons. The second kappa shape index (κ2) is 8.60. The molecule has 2 N–H and O–H groups in total. The van der Waals surface area contributed by atoms with E-state index in [0.717, 1.165) is 11.4 Å². The first-order chi connectivity index (χ1) is 13.6.